The third kappa shape index (κ3) is 3.91. The Morgan fingerprint density at radius 2 is 2.00 bits per heavy atom. The van der Waals surface area contributed by atoms with Crippen LogP contribution in [0.25, 0.3) is 0 Å². The fourth-order valence-electron chi connectivity index (χ4n) is 2.45. The van der Waals surface area contributed by atoms with Gasteiger partial charge in [0, 0.05) is 19.7 Å². The van der Waals surface area contributed by atoms with Crippen molar-refractivity contribution in [3.05, 3.63) is 42.5 Å². The zero-order valence-corrected chi connectivity index (χ0v) is 13.0. The van der Waals surface area contributed by atoms with Crippen molar-refractivity contribution < 1.29 is 21.9 Å². The summed E-state index contributed by atoms with van der Waals surface area (Å²) in [5.74, 6) is -1.44. The van der Waals surface area contributed by atoms with Crippen molar-refractivity contribution in [3.63, 3.8) is 0 Å². The van der Waals surface area contributed by atoms with Crippen LogP contribution in [0.1, 0.15) is 12.8 Å². The molecule has 1 heterocycles. The van der Waals surface area contributed by atoms with Gasteiger partial charge in [0.05, 0.1) is 6.61 Å². The second-order valence-electron chi connectivity index (χ2n) is 5.25. The molecule has 0 unspecified atom stereocenters. The van der Waals surface area contributed by atoms with Gasteiger partial charge in [-0.1, -0.05) is 6.08 Å². The maximum absolute atomic E-state index is 13.7. The number of sulfonamides is 1. The highest BCUT2D eigenvalue weighted by Gasteiger charge is 2.31. The molecule has 122 valence electrons. The van der Waals surface area contributed by atoms with E-state index < -0.39 is 26.6 Å². The summed E-state index contributed by atoms with van der Waals surface area (Å²) in [5, 5.41) is 0. The fraction of sp³-hybridized carbons (Fsp3) is 0.467. The van der Waals surface area contributed by atoms with E-state index in [1.807, 2.05) is 0 Å². The molecule has 0 bridgehead atoms. The smallest absolute Gasteiger partial charge is 0.246 e. The largest absolute Gasteiger partial charge is 0.377 e. The quantitative estimate of drug-likeness (QED) is 0.594. The Hall–Kier alpha value is -1.31. The second-order valence-corrected chi connectivity index (χ2v) is 7.15. The first-order chi connectivity index (χ1) is 10.4. The summed E-state index contributed by atoms with van der Waals surface area (Å²) in [6.07, 6.45) is 2.92. The highest BCUT2D eigenvalue weighted by atomic mass is 32.2. The van der Waals surface area contributed by atoms with Gasteiger partial charge in [-0.3, -0.25) is 0 Å². The molecule has 0 aliphatic carbocycles. The van der Waals surface area contributed by atoms with E-state index in [1.54, 1.807) is 6.08 Å². The van der Waals surface area contributed by atoms with Gasteiger partial charge in [0.25, 0.3) is 0 Å². The lowest BCUT2D eigenvalue weighted by Crippen LogP contribution is -2.39. The second kappa shape index (κ2) is 7.30. The zero-order valence-electron chi connectivity index (χ0n) is 12.2. The van der Waals surface area contributed by atoms with E-state index in [9.17, 15) is 17.2 Å². The Bertz CT molecular complexity index is 626. The molecule has 4 nitrogen and oxygen atoms in total. The molecule has 1 aromatic rings. The Labute approximate surface area is 129 Å². The van der Waals surface area contributed by atoms with Crippen molar-refractivity contribution in [1.82, 2.24) is 4.31 Å². The molecular weight excluding hydrogens is 312 g/mol. The van der Waals surface area contributed by atoms with Crippen LogP contribution in [0.5, 0.6) is 0 Å². The van der Waals surface area contributed by atoms with E-state index >= 15 is 0 Å². The molecule has 0 saturated carbocycles. The molecule has 0 spiro atoms. The fourth-order valence-corrected chi connectivity index (χ4v) is 3.99. The van der Waals surface area contributed by atoms with Gasteiger partial charge in [-0.2, -0.15) is 4.31 Å². The maximum atomic E-state index is 13.7. The van der Waals surface area contributed by atoms with Crippen LogP contribution in [0.2, 0.25) is 0 Å². The number of hydrogen-bond donors (Lipinski definition) is 0. The van der Waals surface area contributed by atoms with E-state index in [1.165, 1.54) is 4.31 Å². The van der Waals surface area contributed by atoms with Crippen LogP contribution in [0.15, 0.2) is 35.7 Å². The number of nitrogens with zero attached hydrogens (tertiary/aromatic N) is 1. The number of piperidine rings is 1. The molecular formula is C15H19F2NO3S. The first-order valence-electron chi connectivity index (χ1n) is 7.09. The average molecular weight is 331 g/mol. The number of hydrogen-bond acceptors (Lipinski definition) is 3. The highest BCUT2D eigenvalue weighted by Crippen LogP contribution is 2.26. The number of benzene rings is 1. The summed E-state index contributed by atoms with van der Waals surface area (Å²) < 4.78 is 58.3. The summed E-state index contributed by atoms with van der Waals surface area (Å²) >= 11 is 0. The average Bonchev–Trinajstić information content (AvgIpc) is 2.50. The molecule has 0 amide bonds. The monoisotopic (exact) mass is 331 g/mol. The summed E-state index contributed by atoms with van der Waals surface area (Å²) in [7, 11) is -4.00. The van der Waals surface area contributed by atoms with Crippen molar-refractivity contribution in [2.24, 2.45) is 5.92 Å². The van der Waals surface area contributed by atoms with Crippen LogP contribution < -0.4 is 0 Å². The Morgan fingerprint density at radius 1 is 1.32 bits per heavy atom. The van der Waals surface area contributed by atoms with E-state index in [2.05, 4.69) is 6.58 Å². The number of halogens is 2. The number of ether oxygens (including phenoxy) is 1. The van der Waals surface area contributed by atoms with E-state index in [4.69, 9.17) is 4.74 Å². The zero-order chi connectivity index (χ0) is 16.2. The topological polar surface area (TPSA) is 46.6 Å². The van der Waals surface area contributed by atoms with E-state index in [0.29, 0.717) is 26.1 Å². The Morgan fingerprint density at radius 3 is 2.64 bits per heavy atom. The van der Waals surface area contributed by atoms with Gasteiger partial charge in [0.1, 0.15) is 16.5 Å². The van der Waals surface area contributed by atoms with Crippen LogP contribution >= 0.6 is 0 Å². The van der Waals surface area contributed by atoms with Crippen molar-refractivity contribution in [3.8, 4) is 0 Å². The highest BCUT2D eigenvalue weighted by molar-refractivity contribution is 7.89. The summed E-state index contributed by atoms with van der Waals surface area (Å²) in [4.78, 5) is -0.603. The van der Waals surface area contributed by atoms with Crippen LogP contribution in [-0.4, -0.2) is 39.0 Å². The van der Waals surface area contributed by atoms with Gasteiger partial charge < -0.3 is 4.74 Å². The normalized spacial score (nSPS) is 17.5. The van der Waals surface area contributed by atoms with Crippen LogP contribution in [-0.2, 0) is 14.8 Å². The predicted molar refractivity (Wildman–Crippen MR) is 78.9 cm³/mol. The standard InChI is InChI=1S/C15H19F2NO3S/c1-2-9-21-11-12-5-7-18(8-6-12)22(19,20)15-10-13(16)3-4-14(15)17/h2-4,10,12H,1,5-9,11H2. The Balaban J connectivity index is 2.03. The van der Waals surface area contributed by atoms with Crippen molar-refractivity contribution in [2.45, 2.75) is 17.7 Å². The van der Waals surface area contributed by atoms with Gasteiger partial charge >= 0.3 is 0 Å². The van der Waals surface area contributed by atoms with Crippen molar-refractivity contribution in [2.75, 3.05) is 26.3 Å². The minimum absolute atomic E-state index is 0.267. The van der Waals surface area contributed by atoms with Gasteiger partial charge in [0.2, 0.25) is 10.0 Å². The van der Waals surface area contributed by atoms with E-state index in [-0.39, 0.29) is 19.0 Å². The van der Waals surface area contributed by atoms with Gasteiger partial charge in [-0.25, -0.2) is 17.2 Å². The van der Waals surface area contributed by atoms with Crippen LogP contribution in [0.3, 0.4) is 0 Å². The van der Waals surface area contributed by atoms with Gasteiger partial charge in [0.15, 0.2) is 0 Å². The molecule has 22 heavy (non-hydrogen) atoms. The van der Waals surface area contributed by atoms with Gasteiger partial charge in [-0.15, -0.1) is 6.58 Å². The molecule has 0 atom stereocenters. The van der Waals surface area contributed by atoms with Crippen molar-refractivity contribution >= 4 is 10.0 Å². The maximum Gasteiger partial charge on any atom is 0.246 e. The van der Waals surface area contributed by atoms with Crippen LogP contribution in [0, 0.1) is 17.6 Å². The minimum Gasteiger partial charge on any atom is -0.377 e. The lowest BCUT2D eigenvalue weighted by molar-refractivity contribution is 0.0982. The third-order valence-electron chi connectivity index (χ3n) is 3.67. The van der Waals surface area contributed by atoms with Crippen LogP contribution in [0.4, 0.5) is 8.78 Å². The lowest BCUT2D eigenvalue weighted by atomic mass is 9.99. The molecule has 1 fully saturated rings. The molecule has 0 N–H and O–H groups in total. The minimum atomic E-state index is -4.00. The number of rotatable bonds is 6. The molecule has 7 heteroatoms. The van der Waals surface area contributed by atoms with E-state index in [0.717, 1.165) is 18.2 Å². The predicted octanol–water partition coefficient (Wildman–Crippen LogP) is 2.57. The molecule has 0 radical (unpaired) electrons. The summed E-state index contributed by atoms with van der Waals surface area (Å²) in [6.45, 7) is 5.13. The molecule has 1 aromatic carbocycles. The summed E-state index contributed by atoms with van der Waals surface area (Å²) in [5.41, 5.74) is 0. The van der Waals surface area contributed by atoms with Gasteiger partial charge in [-0.05, 0) is 37.0 Å². The Kier molecular flexibility index (Phi) is 5.66. The summed E-state index contributed by atoms with van der Waals surface area (Å²) in [6, 6.07) is 2.46. The first-order valence-corrected chi connectivity index (χ1v) is 8.53. The third-order valence-corrected chi connectivity index (χ3v) is 5.59. The van der Waals surface area contributed by atoms with Crippen molar-refractivity contribution in [1.29, 1.82) is 0 Å². The molecule has 1 aliphatic heterocycles. The molecule has 1 saturated heterocycles. The SMILES string of the molecule is C=CCOCC1CCN(S(=O)(=O)c2cc(F)ccc2F)CC1. The first kappa shape index (κ1) is 17.1. The molecule has 2 rings (SSSR count). The molecule has 1 aliphatic rings. The lowest BCUT2D eigenvalue weighted by Gasteiger charge is -2.31. The molecule has 0 aromatic heterocycles.